The van der Waals surface area contributed by atoms with E-state index in [4.69, 9.17) is 0 Å². The molecule has 0 spiro atoms. The van der Waals surface area contributed by atoms with E-state index in [1.54, 1.807) is 13.1 Å². The first-order chi connectivity index (χ1) is 11.1. The van der Waals surface area contributed by atoms with Crippen LogP contribution in [0.4, 0.5) is 5.69 Å². The summed E-state index contributed by atoms with van der Waals surface area (Å²) in [5.74, 6) is 0.443. The quantitative estimate of drug-likeness (QED) is 0.875. The van der Waals surface area contributed by atoms with Gasteiger partial charge in [0.1, 0.15) is 0 Å². The molecule has 0 aromatic heterocycles. The number of nitrogens with zero attached hydrogens (tertiary/aromatic N) is 1. The molecule has 1 atom stereocenters. The summed E-state index contributed by atoms with van der Waals surface area (Å²) in [6.45, 7) is 3.92. The Labute approximate surface area is 137 Å². The summed E-state index contributed by atoms with van der Waals surface area (Å²) >= 11 is 0. The van der Waals surface area contributed by atoms with Crippen LogP contribution < -0.4 is 10.6 Å². The molecule has 1 aromatic rings. The minimum atomic E-state index is -0.128. The Bertz CT molecular complexity index is 604. The van der Waals surface area contributed by atoms with Crippen LogP contribution in [0.25, 0.3) is 0 Å². The molecule has 3 rings (SSSR count). The molecule has 1 aliphatic heterocycles. The molecule has 5 heteroatoms. The number of anilines is 1. The van der Waals surface area contributed by atoms with Crippen LogP contribution in [0.1, 0.15) is 41.6 Å². The van der Waals surface area contributed by atoms with Gasteiger partial charge in [-0.3, -0.25) is 14.5 Å². The molecule has 0 bridgehead atoms. The predicted octanol–water partition coefficient (Wildman–Crippen LogP) is 2.17. The molecular formula is C18H25N3O2. The summed E-state index contributed by atoms with van der Waals surface area (Å²) in [4.78, 5) is 27.1. The maximum Gasteiger partial charge on any atom is 0.251 e. The number of nitrogens with one attached hydrogen (secondary N) is 2. The smallest absolute Gasteiger partial charge is 0.251 e. The van der Waals surface area contributed by atoms with Crippen LogP contribution in [0.5, 0.6) is 0 Å². The normalized spacial score (nSPS) is 19.4. The van der Waals surface area contributed by atoms with E-state index in [0.717, 1.165) is 37.2 Å². The van der Waals surface area contributed by atoms with E-state index in [1.165, 1.54) is 12.8 Å². The van der Waals surface area contributed by atoms with Crippen molar-refractivity contribution in [1.29, 1.82) is 0 Å². The van der Waals surface area contributed by atoms with Gasteiger partial charge in [0, 0.05) is 18.3 Å². The topological polar surface area (TPSA) is 61.4 Å². The molecular weight excluding hydrogens is 290 g/mol. The summed E-state index contributed by atoms with van der Waals surface area (Å²) < 4.78 is 0. The molecule has 0 radical (unpaired) electrons. The number of benzene rings is 1. The van der Waals surface area contributed by atoms with Crippen molar-refractivity contribution in [3.63, 3.8) is 0 Å². The standard InChI is InChI=1S/C18H25N3O2/c1-12-14(17(22)19-2)6-5-7-15(12)20-18(23)16(13-8-9-13)21-10-3-4-11-21/h5-7,13,16H,3-4,8-11H2,1-2H3,(H,19,22)(H,20,23)/t16-/m1/s1. The Morgan fingerprint density at radius 3 is 2.52 bits per heavy atom. The number of carbonyl (C=O) groups is 2. The molecule has 2 amide bonds. The first kappa shape index (κ1) is 16.0. The molecule has 1 aliphatic carbocycles. The largest absolute Gasteiger partial charge is 0.355 e. The van der Waals surface area contributed by atoms with Gasteiger partial charge in [-0.1, -0.05) is 6.07 Å². The predicted molar refractivity (Wildman–Crippen MR) is 90.5 cm³/mol. The molecule has 2 aliphatic rings. The first-order valence-electron chi connectivity index (χ1n) is 8.48. The second-order valence-corrected chi connectivity index (χ2v) is 6.57. The zero-order chi connectivity index (χ0) is 16.4. The van der Waals surface area contributed by atoms with Crippen LogP contribution in [-0.4, -0.2) is 42.9 Å². The summed E-state index contributed by atoms with van der Waals surface area (Å²) in [5.41, 5.74) is 2.16. The van der Waals surface area contributed by atoms with Crippen molar-refractivity contribution in [3.8, 4) is 0 Å². The van der Waals surface area contributed by atoms with E-state index < -0.39 is 0 Å². The Morgan fingerprint density at radius 1 is 1.22 bits per heavy atom. The Balaban J connectivity index is 1.77. The van der Waals surface area contributed by atoms with Gasteiger partial charge in [0.15, 0.2) is 0 Å². The Kier molecular flexibility index (Phi) is 4.66. The van der Waals surface area contributed by atoms with Gasteiger partial charge in [-0.2, -0.15) is 0 Å². The lowest BCUT2D eigenvalue weighted by molar-refractivity contribution is -0.121. The second-order valence-electron chi connectivity index (χ2n) is 6.57. The van der Waals surface area contributed by atoms with Gasteiger partial charge in [-0.25, -0.2) is 0 Å². The number of hydrogen-bond donors (Lipinski definition) is 2. The highest BCUT2D eigenvalue weighted by atomic mass is 16.2. The summed E-state index contributed by atoms with van der Waals surface area (Å²) in [7, 11) is 1.61. The third-order valence-electron chi connectivity index (χ3n) is 4.93. The lowest BCUT2D eigenvalue weighted by Gasteiger charge is -2.27. The van der Waals surface area contributed by atoms with Gasteiger partial charge >= 0.3 is 0 Å². The highest BCUT2D eigenvalue weighted by molar-refractivity contribution is 6.00. The van der Waals surface area contributed by atoms with Crippen LogP contribution >= 0.6 is 0 Å². The van der Waals surface area contributed by atoms with Gasteiger partial charge < -0.3 is 10.6 Å². The van der Waals surface area contributed by atoms with E-state index >= 15 is 0 Å². The highest BCUT2D eigenvalue weighted by Gasteiger charge is 2.41. The van der Waals surface area contributed by atoms with E-state index in [2.05, 4.69) is 15.5 Å². The number of rotatable bonds is 5. The van der Waals surface area contributed by atoms with Crippen molar-refractivity contribution >= 4 is 17.5 Å². The third-order valence-corrected chi connectivity index (χ3v) is 4.93. The summed E-state index contributed by atoms with van der Waals surface area (Å²) in [5, 5.41) is 5.71. The average Bonchev–Trinajstić information content (AvgIpc) is 3.23. The SMILES string of the molecule is CNC(=O)c1cccc(NC(=O)[C@@H](C2CC2)N2CCCC2)c1C. The third kappa shape index (κ3) is 3.39. The fraction of sp³-hybridized carbons (Fsp3) is 0.556. The van der Waals surface area contributed by atoms with E-state index in [-0.39, 0.29) is 17.9 Å². The minimum absolute atomic E-state index is 0.0134. The number of carbonyl (C=O) groups excluding carboxylic acids is 2. The van der Waals surface area contributed by atoms with Crippen molar-refractivity contribution in [2.45, 2.75) is 38.6 Å². The van der Waals surface area contributed by atoms with Crippen LogP contribution in [-0.2, 0) is 4.79 Å². The van der Waals surface area contributed by atoms with Crippen LogP contribution in [0.2, 0.25) is 0 Å². The summed E-state index contributed by atoms with van der Waals surface area (Å²) in [6.07, 6.45) is 4.65. The highest BCUT2D eigenvalue weighted by Crippen LogP contribution is 2.37. The Hall–Kier alpha value is -1.88. The molecule has 1 aromatic carbocycles. The van der Waals surface area contributed by atoms with Crippen LogP contribution in [0.3, 0.4) is 0 Å². The van der Waals surface area contributed by atoms with Crippen molar-refractivity contribution < 1.29 is 9.59 Å². The number of likely N-dealkylation sites (tertiary alicyclic amines) is 1. The van der Waals surface area contributed by atoms with Crippen molar-refractivity contribution in [2.24, 2.45) is 5.92 Å². The fourth-order valence-corrected chi connectivity index (χ4v) is 3.47. The molecule has 1 saturated heterocycles. The molecule has 0 unspecified atom stereocenters. The zero-order valence-electron chi connectivity index (χ0n) is 13.9. The van der Waals surface area contributed by atoms with Crippen molar-refractivity contribution in [3.05, 3.63) is 29.3 Å². The summed E-state index contributed by atoms with van der Waals surface area (Å²) in [6, 6.07) is 5.45. The average molecular weight is 315 g/mol. The first-order valence-corrected chi connectivity index (χ1v) is 8.48. The van der Waals surface area contributed by atoms with E-state index in [9.17, 15) is 9.59 Å². The maximum atomic E-state index is 12.8. The lowest BCUT2D eigenvalue weighted by atomic mass is 10.0. The molecule has 124 valence electrons. The van der Waals surface area contributed by atoms with Gasteiger partial charge in [0.25, 0.3) is 5.91 Å². The maximum absolute atomic E-state index is 12.8. The molecule has 2 fully saturated rings. The van der Waals surface area contributed by atoms with E-state index in [0.29, 0.717) is 11.5 Å². The van der Waals surface area contributed by atoms with Gasteiger partial charge in [-0.15, -0.1) is 0 Å². The molecule has 23 heavy (non-hydrogen) atoms. The van der Waals surface area contributed by atoms with Crippen molar-refractivity contribution in [2.75, 3.05) is 25.5 Å². The number of hydrogen-bond acceptors (Lipinski definition) is 3. The Morgan fingerprint density at radius 2 is 1.91 bits per heavy atom. The zero-order valence-corrected chi connectivity index (χ0v) is 13.9. The molecule has 1 saturated carbocycles. The van der Waals surface area contributed by atoms with Crippen LogP contribution in [0.15, 0.2) is 18.2 Å². The fourth-order valence-electron chi connectivity index (χ4n) is 3.47. The second kappa shape index (κ2) is 6.71. The van der Waals surface area contributed by atoms with Gasteiger partial charge in [0.2, 0.25) is 5.91 Å². The molecule has 2 N–H and O–H groups in total. The number of amides is 2. The monoisotopic (exact) mass is 315 g/mol. The lowest BCUT2D eigenvalue weighted by Crippen LogP contribution is -2.44. The minimum Gasteiger partial charge on any atom is -0.355 e. The van der Waals surface area contributed by atoms with Crippen LogP contribution in [0, 0.1) is 12.8 Å². The van der Waals surface area contributed by atoms with Gasteiger partial charge in [0.05, 0.1) is 6.04 Å². The van der Waals surface area contributed by atoms with Gasteiger partial charge in [-0.05, 0) is 69.3 Å². The van der Waals surface area contributed by atoms with Crippen molar-refractivity contribution in [1.82, 2.24) is 10.2 Å². The molecule has 1 heterocycles. The molecule has 5 nitrogen and oxygen atoms in total. The van der Waals surface area contributed by atoms with E-state index in [1.807, 2.05) is 19.1 Å².